The highest BCUT2D eigenvalue weighted by atomic mass is 32.2. The monoisotopic (exact) mass is 218 g/mol. The third-order valence-corrected chi connectivity index (χ3v) is 5.01. The smallest absolute Gasteiger partial charge is 0.214 e. The van der Waals surface area contributed by atoms with Crippen LogP contribution in [0.3, 0.4) is 0 Å². The summed E-state index contributed by atoms with van der Waals surface area (Å²) < 4.78 is 25.2. The van der Waals surface area contributed by atoms with Gasteiger partial charge < -0.3 is 5.32 Å². The Morgan fingerprint density at radius 3 is 2.36 bits per heavy atom. The number of nitrogens with zero attached hydrogens (tertiary/aromatic N) is 1. The van der Waals surface area contributed by atoms with E-state index in [1.54, 1.807) is 4.31 Å². The van der Waals surface area contributed by atoms with Crippen molar-refractivity contribution < 1.29 is 8.42 Å². The molecule has 0 aromatic rings. The average molecular weight is 218 g/mol. The lowest BCUT2D eigenvalue weighted by atomic mass is 10.0. The van der Waals surface area contributed by atoms with Gasteiger partial charge in [-0.1, -0.05) is 0 Å². The van der Waals surface area contributed by atoms with Crippen molar-refractivity contribution >= 4 is 10.0 Å². The number of hydrogen-bond acceptors (Lipinski definition) is 3. The van der Waals surface area contributed by atoms with Crippen molar-refractivity contribution in [2.24, 2.45) is 5.92 Å². The first kappa shape index (κ1) is 10.4. The van der Waals surface area contributed by atoms with E-state index in [0.717, 1.165) is 45.4 Å². The van der Waals surface area contributed by atoms with Gasteiger partial charge in [-0.2, -0.15) is 0 Å². The van der Waals surface area contributed by atoms with E-state index in [2.05, 4.69) is 5.32 Å². The first-order valence-electron chi connectivity index (χ1n) is 5.37. The van der Waals surface area contributed by atoms with Gasteiger partial charge in [-0.05, 0) is 38.3 Å². The SMILES string of the molecule is O=S(=O)(CCC1CNC1)N1CCCC1. The highest BCUT2D eigenvalue weighted by Gasteiger charge is 2.27. The zero-order valence-corrected chi connectivity index (χ0v) is 9.22. The summed E-state index contributed by atoms with van der Waals surface area (Å²) in [6.07, 6.45) is 2.89. The minimum atomic E-state index is -2.93. The molecule has 2 aliphatic heterocycles. The lowest BCUT2D eigenvalue weighted by Crippen LogP contribution is -2.43. The van der Waals surface area contributed by atoms with E-state index in [9.17, 15) is 8.42 Å². The molecule has 14 heavy (non-hydrogen) atoms. The second kappa shape index (κ2) is 4.16. The average Bonchev–Trinajstić information content (AvgIpc) is 2.52. The van der Waals surface area contributed by atoms with Gasteiger partial charge >= 0.3 is 0 Å². The highest BCUT2D eigenvalue weighted by molar-refractivity contribution is 7.89. The maximum atomic E-state index is 11.8. The molecule has 2 rings (SSSR count). The molecule has 2 heterocycles. The van der Waals surface area contributed by atoms with Gasteiger partial charge in [-0.25, -0.2) is 12.7 Å². The molecule has 0 unspecified atom stereocenters. The van der Waals surface area contributed by atoms with Crippen LogP contribution in [0.4, 0.5) is 0 Å². The molecule has 1 N–H and O–H groups in total. The van der Waals surface area contributed by atoms with Crippen molar-refractivity contribution in [2.45, 2.75) is 19.3 Å². The first-order valence-corrected chi connectivity index (χ1v) is 6.98. The predicted octanol–water partition coefficient (Wildman–Crippen LogP) is 0.0215. The summed E-state index contributed by atoms with van der Waals surface area (Å²) >= 11 is 0. The summed E-state index contributed by atoms with van der Waals surface area (Å²) in [6, 6.07) is 0. The third kappa shape index (κ3) is 2.27. The summed E-state index contributed by atoms with van der Waals surface area (Å²) in [5.74, 6) is 0.937. The Labute approximate surface area is 85.7 Å². The number of nitrogens with one attached hydrogen (secondary N) is 1. The molecule has 0 saturated carbocycles. The molecule has 4 nitrogen and oxygen atoms in total. The van der Waals surface area contributed by atoms with Crippen molar-refractivity contribution in [1.29, 1.82) is 0 Å². The Bertz CT molecular complexity index is 279. The van der Waals surface area contributed by atoms with Crippen LogP contribution in [0.15, 0.2) is 0 Å². The van der Waals surface area contributed by atoms with Crippen LogP contribution in [-0.2, 0) is 10.0 Å². The zero-order valence-electron chi connectivity index (χ0n) is 8.41. The second-order valence-corrected chi connectivity index (χ2v) is 6.32. The van der Waals surface area contributed by atoms with E-state index in [4.69, 9.17) is 0 Å². The lowest BCUT2D eigenvalue weighted by Gasteiger charge is -2.27. The molecule has 0 bridgehead atoms. The second-order valence-electron chi connectivity index (χ2n) is 4.24. The van der Waals surface area contributed by atoms with Crippen LogP contribution in [0.5, 0.6) is 0 Å². The molecule has 5 heteroatoms. The summed E-state index contributed by atoms with van der Waals surface area (Å²) in [5.41, 5.74) is 0. The minimum absolute atomic E-state index is 0.347. The van der Waals surface area contributed by atoms with Crippen LogP contribution in [0.1, 0.15) is 19.3 Å². The standard InChI is InChI=1S/C9H18N2O2S/c12-14(13,11-4-1-2-5-11)6-3-9-7-10-8-9/h9-10H,1-8H2. The van der Waals surface area contributed by atoms with E-state index in [0.29, 0.717) is 11.7 Å². The molecule has 2 saturated heterocycles. The van der Waals surface area contributed by atoms with Crippen LogP contribution in [0.2, 0.25) is 0 Å². The van der Waals surface area contributed by atoms with Crippen LogP contribution in [-0.4, -0.2) is 44.7 Å². The Kier molecular flexibility index (Phi) is 3.09. The van der Waals surface area contributed by atoms with Crippen molar-refractivity contribution in [3.8, 4) is 0 Å². The van der Waals surface area contributed by atoms with Crippen LogP contribution >= 0.6 is 0 Å². The molecular weight excluding hydrogens is 200 g/mol. The van der Waals surface area contributed by atoms with E-state index in [1.807, 2.05) is 0 Å². The summed E-state index contributed by atoms with van der Waals surface area (Å²) in [7, 11) is -2.93. The molecule has 0 aromatic carbocycles. The Balaban J connectivity index is 1.81. The molecule has 82 valence electrons. The van der Waals surface area contributed by atoms with E-state index >= 15 is 0 Å². The van der Waals surface area contributed by atoms with Gasteiger partial charge in [-0.15, -0.1) is 0 Å². The first-order chi connectivity index (χ1) is 6.68. The Morgan fingerprint density at radius 2 is 1.86 bits per heavy atom. The van der Waals surface area contributed by atoms with Gasteiger partial charge in [0.05, 0.1) is 5.75 Å². The van der Waals surface area contributed by atoms with Crippen molar-refractivity contribution in [3.63, 3.8) is 0 Å². The molecule has 0 aromatic heterocycles. The maximum absolute atomic E-state index is 11.8. The summed E-state index contributed by atoms with van der Waals surface area (Å²) in [4.78, 5) is 0. The summed E-state index contributed by atoms with van der Waals surface area (Å²) in [5, 5.41) is 3.16. The molecule has 0 radical (unpaired) electrons. The fraction of sp³-hybridized carbons (Fsp3) is 1.00. The fourth-order valence-corrected chi connectivity index (χ4v) is 3.67. The number of hydrogen-bond donors (Lipinski definition) is 1. The van der Waals surface area contributed by atoms with Crippen LogP contribution < -0.4 is 5.32 Å². The summed E-state index contributed by atoms with van der Waals surface area (Å²) in [6.45, 7) is 3.47. The van der Waals surface area contributed by atoms with Crippen molar-refractivity contribution in [2.75, 3.05) is 31.9 Å². The number of sulfonamides is 1. The van der Waals surface area contributed by atoms with Gasteiger partial charge in [0.2, 0.25) is 10.0 Å². The molecule has 0 amide bonds. The molecular formula is C9H18N2O2S. The number of rotatable bonds is 4. The van der Waals surface area contributed by atoms with Gasteiger partial charge in [0.1, 0.15) is 0 Å². The van der Waals surface area contributed by atoms with E-state index < -0.39 is 10.0 Å². The quantitative estimate of drug-likeness (QED) is 0.724. The minimum Gasteiger partial charge on any atom is -0.316 e. The maximum Gasteiger partial charge on any atom is 0.214 e. The van der Waals surface area contributed by atoms with Crippen LogP contribution in [0, 0.1) is 5.92 Å². The molecule has 2 aliphatic rings. The molecule has 0 aliphatic carbocycles. The van der Waals surface area contributed by atoms with Gasteiger partial charge in [0.25, 0.3) is 0 Å². The lowest BCUT2D eigenvalue weighted by molar-refractivity contribution is 0.337. The largest absolute Gasteiger partial charge is 0.316 e. The molecule has 0 atom stereocenters. The fourth-order valence-electron chi connectivity index (χ4n) is 1.96. The highest BCUT2D eigenvalue weighted by Crippen LogP contribution is 2.16. The van der Waals surface area contributed by atoms with Gasteiger partial charge in [0, 0.05) is 13.1 Å². The Hall–Kier alpha value is -0.130. The van der Waals surface area contributed by atoms with Crippen LogP contribution in [0.25, 0.3) is 0 Å². The zero-order chi connectivity index (χ0) is 10.0. The van der Waals surface area contributed by atoms with Crippen molar-refractivity contribution in [3.05, 3.63) is 0 Å². The van der Waals surface area contributed by atoms with Gasteiger partial charge in [0.15, 0.2) is 0 Å². The normalized spacial score (nSPS) is 25.1. The molecule has 0 spiro atoms. The van der Waals surface area contributed by atoms with E-state index in [1.165, 1.54) is 0 Å². The Morgan fingerprint density at radius 1 is 1.21 bits per heavy atom. The predicted molar refractivity (Wildman–Crippen MR) is 55.6 cm³/mol. The molecule has 2 fully saturated rings. The van der Waals surface area contributed by atoms with E-state index in [-0.39, 0.29) is 0 Å². The topological polar surface area (TPSA) is 49.4 Å². The third-order valence-electron chi connectivity index (χ3n) is 3.11. The van der Waals surface area contributed by atoms with Gasteiger partial charge in [-0.3, -0.25) is 0 Å². The van der Waals surface area contributed by atoms with Crippen molar-refractivity contribution in [1.82, 2.24) is 9.62 Å².